The molecule has 7 heteroatoms. The lowest BCUT2D eigenvalue weighted by atomic mass is 10.0. The Balaban J connectivity index is 1.56. The fourth-order valence-corrected chi connectivity index (χ4v) is 3.55. The summed E-state index contributed by atoms with van der Waals surface area (Å²) in [5, 5.41) is 7.11. The van der Waals surface area contributed by atoms with Crippen LogP contribution in [0.15, 0.2) is 24.2 Å². The van der Waals surface area contributed by atoms with Crippen LogP contribution in [0.25, 0.3) is 0 Å². The first-order valence-electron chi connectivity index (χ1n) is 7.36. The predicted molar refractivity (Wildman–Crippen MR) is 79.7 cm³/mol. The first kappa shape index (κ1) is 14.2. The molecule has 1 fully saturated rings. The average Bonchev–Trinajstić information content (AvgIpc) is 3.20. The van der Waals surface area contributed by atoms with Gasteiger partial charge in [0.2, 0.25) is 5.91 Å². The lowest BCUT2D eigenvalue weighted by Crippen LogP contribution is -2.38. The van der Waals surface area contributed by atoms with E-state index >= 15 is 0 Å². The quantitative estimate of drug-likeness (QED) is 0.850. The normalized spacial score (nSPS) is 18.9. The molecular formula is C14H19N5OS. The molecule has 0 spiro atoms. The zero-order valence-corrected chi connectivity index (χ0v) is 12.7. The van der Waals surface area contributed by atoms with Crippen molar-refractivity contribution in [2.24, 2.45) is 0 Å². The van der Waals surface area contributed by atoms with Gasteiger partial charge in [-0.15, -0.1) is 11.3 Å². The zero-order valence-electron chi connectivity index (χ0n) is 11.9. The highest BCUT2D eigenvalue weighted by atomic mass is 32.1. The highest BCUT2D eigenvalue weighted by molar-refractivity contribution is 7.09. The molecule has 1 amide bonds. The van der Waals surface area contributed by atoms with Gasteiger partial charge in [0.25, 0.3) is 0 Å². The number of likely N-dealkylation sites (tertiary alicyclic amines) is 1. The Bertz CT molecular complexity index is 554. The smallest absolute Gasteiger partial charge is 0.223 e. The van der Waals surface area contributed by atoms with Crippen LogP contribution in [-0.2, 0) is 11.3 Å². The molecule has 0 aliphatic carbocycles. The Hall–Kier alpha value is -1.76. The summed E-state index contributed by atoms with van der Waals surface area (Å²) in [5.41, 5.74) is 0. The second-order valence-corrected chi connectivity index (χ2v) is 6.16. The van der Waals surface area contributed by atoms with Crippen molar-refractivity contribution in [1.82, 2.24) is 24.6 Å². The SMILES string of the molecule is O=C(CCCn1cncn1)N1CCCCC1c1nccs1. The number of aromatic nitrogens is 4. The molecule has 1 saturated heterocycles. The Morgan fingerprint density at radius 2 is 2.38 bits per heavy atom. The van der Waals surface area contributed by atoms with Crippen LogP contribution in [0.4, 0.5) is 0 Å². The monoisotopic (exact) mass is 305 g/mol. The summed E-state index contributed by atoms with van der Waals surface area (Å²) in [6.45, 7) is 1.59. The first-order chi connectivity index (χ1) is 10.3. The molecule has 21 heavy (non-hydrogen) atoms. The molecule has 112 valence electrons. The van der Waals surface area contributed by atoms with E-state index in [0.29, 0.717) is 6.42 Å². The lowest BCUT2D eigenvalue weighted by Gasteiger charge is -2.34. The van der Waals surface area contributed by atoms with Crippen LogP contribution in [0.2, 0.25) is 0 Å². The topological polar surface area (TPSA) is 63.9 Å². The number of aryl methyl sites for hydroxylation is 1. The molecule has 0 bridgehead atoms. The maximum absolute atomic E-state index is 12.5. The molecule has 3 rings (SSSR count). The molecule has 3 heterocycles. The summed E-state index contributed by atoms with van der Waals surface area (Å²) in [5.74, 6) is 0.231. The fourth-order valence-electron chi connectivity index (χ4n) is 2.77. The molecule has 1 aliphatic rings. The molecular weight excluding hydrogens is 286 g/mol. The van der Waals surface area contributed by atoms with Crippen molar-refractivity contribution >= 4 is 17.2 Å². The summed E-state index contributed by atoms with van der Waals surface area (Å²) >= 11 is 1.65. The van der Waals surface area contributed by atoms with E-state index in [9.17, 15) is 4.79 Å². The molecule has 2 aromatic rings. The van der Waals surface area contributed by atoms with Crippen LogP contribution in [0.5, 0.6) is 0 Å². The van der Waals surface area contributed by atoms with E-state index in [1.54, 1.807) is 22.3 Å². The molecule has 1 unspecified atom stereocenters. The van der Waals surface area contributed by atoms with Gasteiger partial charge < -0.3 is 4.90 Å². The largest absolute Gasteiger partial charge is 0.333 e. The first-order valence-corrected chi connectivity index (χ1v) is 8.24. The van der Waals surface area contributed by atoms with Crippen molar-refractivity contribution in [3.05, 3.63) is 29.2 Å². The van der Waals surface area contributed by atoms with Crippen molar-refractivity contribution in [3.63, 3.8) is 0 Å². The van der Waals surface area contributed by atoms with E-state index in [0.717, 1.165) is 37.4 Å². The van der Waals surface area contributed by atoms with Crippen LogP contribution in [0.1, 0.15) is 43.2 Å². The van der Waals surface area contributed by atoms with Gasteiger partial charge >= 0.3 is 0 Å². The molecule has 1 aliphatic heterocycles. The van der Waals surface area contributed by atoms with Crippen LogP contribution in [0, 0.1) is 0 Å². The number of piperidine rings is 1. The van der Waals surface area contributed by atoms with Crippen LogP contribution in [0.3, 0.4) is 0 Å². The van der Waals surface area contributed by atoms with Gasteiger partial charge in [0.15, 0.2) is 0 Å². The molecule has 0 N–H and O–H groups in total. The van der Waals surface area contributed by atoms with Gasteiger partial charge in [-0.1, -0.05) is 0 Å². The van der Waals surface area contributed by atoms with Crippen molar-refractivity contribution in [3.8, 4) is 0 Å². The number of hydrogen-bond acceptors (Lipinski definition) is 5. The van der Waals surface area contributed by atoms with E-state index in [2.05, 4.69) is 15.1 Å². The van der Waals surface area contributed by atoms with Gasteiger partial charge in [-0.2, -0.15) is 5.10 Å². The number of amides is 1. The second-order valence-electron chi connectivity index (χ2n) is 5.23. The number of thiazole rings is 1. The standard InChI is InChI=1S/C14H19N5OS/c20-13(5-3-7-18-11-15-10-17-18)19-8-2-1-4-12(19)14-16-6-9-21-14/h6,9-12H,1-5,7-8H2. The number of nitrogens with zero attached hydrogens (tertiary/aromatic N) is 5. The summed E-state index contributed by atoms with van der Waals surface area (Å²) in [7, 11) is 0. The van der Waals surface area contributed by atoms with E-state index in [1.807, 2.05) is 16.5 Å². The Morgan fingerprint density at radius 1 is 1.43 bits per heavy atom. The van der Waals surface area contributed by atoms with Crippen molar-refractivity contribution in [2.45, 2.75) is 44.7 Å². The minimum atomic E-state index is 0.178. The number of carbonyl (C=O) groups excluding carboxylic acids is 1. The van der Waals surface area contributed by atoms with Crippen molar-refractivity contribution in [1.29, 1.82) is 0 Å². The molecule has 1 atom stereocenters. The second kappa shape index (κ2) is 6.80. The molecule has 0 saturated carbocycles. The van der Waals surface area contributed by atoms with Gasteiger partial charge in [0, 0.05) is 31.1 Å². The third kappa shape index (κ3) is 3.47. The minimum Gasteiger partial charge on any atom is -0.333 e. The van der Waals surface area contributed by atoms with Gasteiger partial charge in [-0.3, -0.25) is 9.48 Å². The summed E-state index contributed by atoms with van der Waals surface area (Å²) in [6.07, 6.45) is 9.67. The van der Waals surface area contributed by atoms with Crippen molar-refractivity contribution < 1.29 is 4.79 Å². The van der Waals surface area contributed by atoms with E-state index < -0.39 is 0 Å². The minimum absolute atomic E-state index is 0.178. The Morgan fingerprint density at radius 3 is 3.14 bits per heavy atom. The fraction of sp³-hybridized carbons (Fsp3) is 0.571. The van der Waals surface area contributed by atoms with E-state index in [1.165, 1.54) is 12.7 Å². The van der Waals surface area contributed by atoms with Crippen LogP contribution in [-0.4, -0.2) is 37.1 Å². The average molecular weight is 305 g/mol. The maximum Gasteiger partial charge on any atom is 0.223 e. The number of hydrogen-bond donors (Lipinski definition) is 0. The van der Waals surface area contributed by atoms with Gasteiger partial charge in [-0.05, 0) is 25.7 Å². The van der Waals surface area contributed by atoms with Gasteiger partial charge in [0.1, 0.15) is 17.7 Å². The Kier molecular flexibility index (Phi) is 4.59. The highest BCUT2D eigenvalue weighted by Crippen LogP contribution is 2.32. The molecule has 2 aromatic heterocycles. The third-order valence-electron chi connectivity index (χ3n) is 3.80. The van der Waals surface area contributed by atoms with Gasteiger partial charge in [-0.25, -0.2) is 9.97 Å². The number of carbonyl (C=O) groups is 1. The zero-order chi connectivity index (χ0) is 14.5. The third-order valence-corrected chi connectivity index (χ3v) is 4.68. The van der Waals surface area contributed by atoms with Crippen LogP contribution >= 0.6 is 11.3 Å². The summed E-state index contributed by atoms with van der Waals surface area (Å²) in [6, 6.07) is 0.178. The maximum atomic E-state index is 12.5. The molecule has 0 aromatic carbocycles. The van der Waals surface area contributed by atoms with Crippen LogP contribution < -0.4 is 0 Å². The lowest BCUT2D eigenvalue weighted by molar-refractivity contribution is -0.135. The summed E-state index contributed by atoms with van der Waals surface area (Å²) in [4.78, 5) is 22.8. The summed E-state index contributed by atoms with van der Waals surface area (Å²) < 4.78 is 1.77. The molecule has 0 radical (unpaired) electrons. The van der Waals surface area contributed by atoms with E-state index in [4.69, 9.17) is 0 Å². The van der Waals surface area contributed by atoms with E-state index in [-0.39, 0.29) is 11.9 Å². The number of rotatable bonds is 5. The highest BCUT2D eigenvalue weighted by Gasteiger charge is 2.29. The Labute approximate surface area is 127 Å². The van der Waals surface area contributed by atoms with Gasteiger partial charge in [0.05, 0.1) is 6.04 Å². The van der Waals surface area contributed by atoms with Crippen molar-refractivity contribution in [2.75, 3.05) is 6.54 Å². The predicted octanol–water partition coefficient (Wildman–Crippen LogP) is 2.27. The molecule has 6 nitrogen and oxygen atoms in total.